The molecular formula is C16H17ClN2O. The van der Waals surface area contributed by atoms with Crippen LogP contribution in [0.25, 0.3) is 0 Å². The fraction of sp³-hybridized carbons (Fsp3) is 0.250. The van der Waals surface area contributed by atoms with Crippen LogP contribution in [0, 0.1) is 0 Å². The molecule has 0 spiro atoms. The molecule has 0 bridgehead atoms. The van der Waals surface area contributed by atoms with E-state index in [-0.39, 0.29) is 11.9 Å². The van der Waals surface area contributed by atoms with Gasteiger partial charge >= 0.3 is 0 Å². The van der Waals surface area contributed by atoms with Crippen LogP contribution in [0.2, 0.25) is 5.02 Å². The van der Waals surface area contributed by atoms with Crippen molar-refractivity contribution in [2.24, 2.45) is 0 Å². The maximum absolute atomic E-state index is 11.9. The van der Waals surface area contributed by atoms with E-state index in [4.69, 9.17) is 11.6 Å². The Labute approximate surface area is 124 Å². The molecule has 1 amide bonds. The number of hydrogen-bond donors (Lipinski definition) is 1. The molecule has 1 aromatic carbocycles. The van der Waals surface area contributed by atoms with E-state index in [0.29, 0.717) is 6.42 Å². The van der Waals surface area contributed by atoms with E-state index in [2.05, 4.69) is 10.3 Å². The number of aromatic nitrogens is 1. The summed E-state index contributed by atoms with van der Waals surface area (Å²) in [7, 11) is 0. The van der Waals surface area contributed by atoms with Crippen molar-refractivity contribution in [2.75, 3.05) is 0 Å². The third kappa shape index (κ3) is 4.35. The summed E-state index contributed by atoms with van der Waals surface area (Å²) in [6.07, 6.45) is 4.47. The van der Waals surface area contributed by atoms with Crippen molar-refractivity contribution >= 4 is 17.5 Å². The molecule has 20 heavy (non-hydrogen) atoms. The highest BCUT2D eigenvalue weighted by atomic mass is 35.5. The Hall–Kier alpha value is -1.87. The summed E-state index contributed by atoms with van der Waals surface area (Å²) in [4.78, 5) is 15.9. The molecule has 2 aromatic rings. The third-order valence-corrected chi connectivity index (χ3v) is 3.35. The molecule has 4 heteroatoms. The van der Waals surface area contributed by atoms with Gasteiger partial charge in [0.25, 0.3) is 0 Å². The van der Waals surface area contributed by atoms with Crippen LogP contribution in [-0.2, 0) is 17.6 Å². The average Bonchev–Trinajstić information content (AvgIpc) is 2.42. The normalized spacial score (nSPS) is 11.9. The molecule has 2 rings (SSSR count). The molecule has 1 atom stereocenters. The highest BCUT2D eigenvalue weighted by molar-refractivity contribution is 6.31. The minimum absolute atomic E-state index is 0.00227. The van der Waals surface area contributed by atoms with E-state index in [9.17, 15) is 4.79 Å². The summed E-state index contributed by atoms with van der Waals surface area (Å²) in [5, 5.41) is 3.72. The molecule has 1 aromatic heterocycles. The Bertz CT molecular complexity index is 572. The summed E-state index contributed by atoms with van der Waals surface area (Å²) in [5.41, 5.74) is 1.96. The molecular weight excluding hydrogens is 272 g/mol. The maximum Gasteiger partial charge on any atom is 0.224 e. The van der Waals surface area contributed by atoms with Gasteiger partial charge in [0.1, 0.15) is 0 Å². The number of rotatable bonds is 5. The monoisotopic (exact) mass is 288 g/mol. The highest BCUT2D eigenvalue weighted by Crippen LogP contribution is 2.16. The Morgan fingerprint density at radius 1 is 1.30 bits per heavy atom. The third-order valence-electron chi connectivity index (χ3n) is 2.98. The van der Waals surface area contributed by atoms with Crippen LogP contribution in [-0.4, -0.2) is 16.9 Å². The standard InChI is InChI=1S/C16H17ClN2O/c1-12(9-14-6-2-3-7-15(14)17)19-16(20)10-13-5-4-8-18-11-13/h2-8,11-12H,9-10H2,1H3,(H,19,20)/t12-/m1/s1. The van der Waals surface area contributed by atoms with E-state index < -0.39 is 0 Å². The lowest BCUT2D eigenvalue weighted by Gasteiger charge is -2.14. The zero-order chi connectivity index (χ0) is 14.4. The number of nitrogens with zero attached hydrogens (tertiary/aromatic N) is 1. The molecule has 0 fully saturated rings. The van der Waals surface area contributed by atoms with Crippen LogP contribution >= 0.6 is 11.6 Å². The van der Waals surface area contributed by atoms with E-state index in [1.807, 2.05) is 43.3 Å². The van der Waals surface area contributed by atoms with Gasteiger partial charge in [0, 0.05) is 23.5 Å². The second kappa shape index (κ2) is 7.06. The number of amides is 1. The van der Waals surface area contributed by atoms with Gasteiger partial charge in [-0.05, 0) is 36.6 Å². The summed E-state index contributed by atoms with van der Waals surface area (Å²) in [5.74, 6) is -0.00227. The number of halogens is 1. The maximum atomic E-state index is 11.9. The summed E-state index contributed by atoms with van der Waals surface area (Å²) in [6, 6.07) is 11.5. The van der Waals surface area contributed by atoms with Crippen molar-refractivity contribution < 1.29 is 4.79 Å². The smallest absolute Gasteiger partial charge is 0.224 e. The van der Waals surface area contributed by atoms with Gasteiger partial charge in [-0.25, -0.2) is 0 Å². The predicted octanol–water partition coefficient (Wildman–Crippen LogP) is 3.02. The molecule has 0 aliphatic rings. The molecule has 0 radical (unpaired) electrons. The zero-order valence-electron chi connectivity index (χ0n) is 11.3. The second-order valence-corrected chi connectivity index (χ2v) is 5.21. The molecule has 0 saturated heterocycles. The summed E-state index contributed by atoms with van der Waals surface area (Å²) >= 11 is 6.11. The number of benzene rings is 1. The van der Waals surface area contributed by atoms with Crippen molar-refractivity contribution in [3.8, 4) is 0 Å². The van der Waals surface area contributed by atoms with Gasteiger partial charge in [0.15, 0.2) is 0 Å². The first-order valence-electron chi connectivity index (χ1n) is 6.57. The Kier molecular flexibility index (Phi) is 5.13. The number of hydrogen-bond acceptors (Lipinski definition) is 2. The SMILES string of the molecule is C[C@H](Cc1ccccc1Cl)NC(=O)Cc1cccnc1. The van der Waals surface area contributed by atoms with Gasteiger partial charge in [-0.3, -0.25) is 9.78 Å². The molecule has 0 saturated carbocycles. The topological polar surface area (TPSA) is 42.0 Å². The highest BCUT2D eigenvalue weighted by Gasteiger charge is 2.10. The largest absolute Gasteiger partial charge is 0.353 e. The van der Waals surface area contributed by atoms with Crippen molar-refractivity contribution in [2.45, 2.75) is 25.8 Å². The van der Waals surface area contributed by atoms with Crippen LogP contribution in [0.3, 0.4) is 0 Å². The van der Waals surface area contributed by atoms with Gasteiger partial charge in [-0.2, -0.15) is 0 Å². The molecule has 3 nitrogen and oxygen atoms in total. The number of nitrogens with one attached hydrogen (secondary N) is 1. The molecule has 104 valence electrons. The van der Waals surface area contributed by atoms with Gasteiger partial charge in [0.2, 0.25) is 5.91 Å². The van der Waals surface area contributed by atoms with Crippen molar-refractivity contribution in [3.05, 3.63) is 64.9 Å². The van der Waals surface area contributed by atoms with Crippen LogP contribution in [0.4, 0.5) is 0 Å². The number of carbonyl (C=O) groups is 1. The van der Waals surface area contributed by atoms with Gasteiger partial charge in [-0.15, -0.1) is 0 Å². The summed E-state index contributed by atoms with van der Waals surface area (Å²) in [6.45, 7) is 1.98. The Morgan fingerprint density at radius 2 is 2.10 bits per heavy atom. The molecule has 0 aliphatic carbocycles. The fourth-order valence-electron chi connectivity index (χ4n) is 2.06. The predicted molar refractivity (Wildman–Crippen MR) is 80.7 cm³/mol. The van der Waals surface area contributed by atoms with Crippen molar-refractivity contribution in [1.29, 1.82) is 0 Å². The first kappa shape index (κ1) is 14.5. The minimum Gasteiger partial charge on any atom is -0.353 e. The number of pyridine rings is 1. The van der Waals surface area contributed by atoms with Gasteiger partial charge in [0.05, 0.1) is 6.42 Å². The molecule has 0 aliphatic heterocycles. The van der Waals surface area contributed by atoms with E-state index in [1.165, 1.54) is 0 Å². The second-order valence-electron chi connectivity index (χ2n) is 4.80. The van der Waals surface area contributed by atoms with Crippen molar-refractivity contribution in [1.82, 2.24) is 10.3 Å². The van der Waals surface area contributed by atoms with E-state index in [1.54, 1.807) is 12.4 Å². The summed E-state index contributed by atoms with van der Waals surface area (Å²) < 4.78 is 0. The lowest BCUT2D eigenvalue weighted by Crippen LogP contribution is -2.35. The van der Waals surface area contributed by atoms with Gasteiger partial charge in [-0.1, -0.05) is 35.9 Å². The van der Waals surface area contributed by atoms with Crippen LogP contribution in [0.5, 0.6) is 0 Å². The number of carbonyl (C=O) groups excluding carboxylic acids is 1. The Morgan fingerprint density at radius 3 is 2.80 bits per heavy atom. The quantitative estimate of drug-likeness (QED) is 0.919. The molecule has 1 N–H and O–H groups in total. The van der Waals surface area contributed by atoms with Crippen LogP contribution in [0.15, 0.2) is 48.8 Å². The average molecular weight is 289 g/mol. The zero-order valence-corrected chi connectivity index (χ0v) is 12.1. The first-order valence-corrected chi connectivity index (χ1v) is 6.94. The lowest BCUT2D eigenvalue weighted by atomic mass is 10.1. The lowest BCUT2D eigenvalue weighted by molar-refractivity contribution is -0.121. The van der Waals surface area contributed by atoms with E-state index >= 15 is 0 Å². The Balaban J connectivity index is 1.87. The van der Waals surface area contributed by atoms with Gasteiger partial charge < -0.3 is 5.32 Å². The fourth-order valence-corrected chi connectivity index (χ4v) is 2.27. The molecule has 0 unspecified atom stereocenters. The molecule has 1 heterocycles. The van der Waals surface area contributed by atoms with E-state index in [0.717, 1.165) is 22.6 Å². The minimum atomic E-state index is -0.00227. The first-order chi connectivity index (χ1) is 9.65. The van der Waals surface area contributed by atoms with Crippen molar-refractivity contribution in [3.63, 3.8) is 0 Å². The van der Waals surface area contributed by atoms with Crippen LogP contribution in [0.1, 0.15) is 18.1 Å². The van der Waals surface area contributed by atoms with Crippen LogP contribution < -0.4 is 5.32 Å².